The van der Waals surface area contributed by atoms with Gasteiger partial charge in [0.05, 0.1) is 0 Å². The van der Waals surface area contributed by atoms with Crippen LogP contribution in [0.4, 0.5) is 18.9 Å². The third-order valence-electron chi connectivity index (χ3n) is 1.89. The van der Waals surface area contributed by atoms with Crippen molar-refractivity contribution in [2.24, 2.45) is 0 Å². The third kappa shape index (κ3) is 4.74. The van der Waals surface area contributed by atoms with Crippen LogP contribution in [0, 0.1) is 0 Å². The van der Waals surface area contributed by atoms with Crippen LogP contribution in [0.3, 0.4) is 0 Å². The normalized spacial score (nSPS) is 11.2. The molecule has 19 heavy (non-hydrogen) atoms. The summed E-state index contributed by atoms with van der Waals surface area (Å²) in [7, 11) is 0. The van der Waals surface area contributed by atoms with Crippen LogP contribution in [-0.4, -0.2) is 34.6 Å². The number of carboxylic acid groups (broad SMARTS) is 2. The van der Waals surface area contributed by atoms with Gasteiger partial charge in [-0.25, -0.2) is 9.59 Å². The van der Waals surface area contributed by atoms with Gasteiger partial charge in [-0.3, -0.25) is 0 Å². The molecule has 0 amide bonds. The monoisotopic (exact) mass is 279 g/mol. The van der Waals surface area contributed by atoms with Crippen LogP contribution in [-0.2, 0) is 9.59 Å². The van der Waals surface area contributed by atoms with Crippen LogP contribution in [0.25, 0.3) is 0 Å². The molecule has 1 rings (SSSR count). The van der Waals surface area contributed by atoms with E-state index in [9.17, 15) is 22.8 Å². The van der Waals surface area contributed by atoms with Crippen LogP contribution in [0.5, 0.6) is 5.75 Å². The number of hydrogen-bond donors (Lipinski definition) is 3. The lowest BCUT2D eigenvalue weighted by Gasteiger charge is -2.12. The van der Waals surface area contributed by atoms with Crippen LogP contribution < -0.4 is 10.1 Å². The lowest BCUT2D eigenvalue weighted by atomic mass is 10.2. The molecule has 3 N–H and O–H groups in total. The van der Waals surface area contributed by atoms with E-state index in [2.05, 4.69) is 10.1 Å². The molecule has 0 spiro atoms. The first-order chi connectivity index (χ1) is 8.69. The van der Waals surface area contributed by atoms with Crippen molar-refractivity contribution in [1.82, 2.24) is 0 Å². The number of anilines is 1. The van der Waals surface area contributed by atoms with Gasteiger partial charge in [0.2, 0.25) is 6.04 Å². The molecule has 6 nitrogen and oxygen atoms in total. The second-order valence-corrected chi connectivity index (χ2v) is 3.33. The van der Waals surface area contributed by atoms with Gasteiger partial charge in [0.1, 0.15) is 5.75 Å². The van der Waals surface area contributed by atoms with Crippen molar-refractivity contribution in [2.75, 3.05) is 5.32 Å². The summed E-state index contributed by atoms with van der Waals surface area (Å²) >= 11 is 0. The van der Waals surface area contributed by atoms with E-state index >= 15 is 0 Å². The van der Waals surface area contributed by atoms with Gasteiger partial charge < -0.3 is 20.3 Å². The van der Waals surface area contributed by atoms with Crippen molar-refractivity contribution < 1.29 is 37.7 Å². The molecular weight excluding hydrogens is 271 g/mol. The topological polar surface area (TPSA) is 95.9 Å². The standard InChI is InChI=1S/C10H8F3NO5/c11-10(12,13)19-6-3-1-5(2-4-6)14-7(8(15)16)9(17)18/h1-4,7,14H,(H,15,16)(H,17,18). The van der Waals surface area contributed by atoms with Gasteiger partial charge in [0, 0.05) is 5.69 Å². The van der Waals surface area contributed by atoms with Gasteiger partial charge in [-0.05, 0) is 24.3 Å². The molecule has 0 saturated carbocycles. The molecule has 9 heteroatoms. The predicted molar refractivity (Wildman–Crippen MR) is 55.8 cm³/mol. The Morgan fingerprint density at radius 2 is 1.58 bits per heavy atom. The minimum atomic E-state index is -4.83. The lowest BCUT2D eigenvalue weighted by Crippen LogP contribution is -2.37. The average Bonchev–Trinajstić information content (AvgIpc) is 2.25. The molecule has 0 heterocycles. The number of carboxylic acids is 2. The number of halogens is 3. The maximum Gasteiger partial charge on any atom is 0.573 e. The largest absolute Gasteiger partial charge is 0.573 e. The van der Waals surface area contributed by atoms with Crippen molar-refractivity contribution >= 4 is 17.6 Å². The van der Waals surface area contributed by atoms with E-state index in [1.165, 1.54) is 0 Å². The second kappa shape index (κ2) is 5.46. The predicted octanol–water partition coefficient (Wildman–Crippen LogP) is 1.53. The third-order valence-corrected chi connectivity index (χ3v) is 1.89. The van der Waals surface area contributed by atoms with Crippen molar-refractivity contribution in [3.63, 3.8) is 0 Å². The number of benzene rings is 1. The minimum Gasteiger partial charge on any atom is -0.479 e. The number of nitrogens with one attached hydrogen (secondary N) is 1. The van der Waals surface area contributed by atoms with Crippen molar-refractivity contribution in [3.05, 3.63) is 24.3 Å². The summed E-state index contributed by atoms with van der Waals surface area (Å²) in [5.74, 6) is -3.74. The number of hydrogen-bond acceptors (Lipinski definition) is 4. The number of ether oxygens (including phenoxy) is 1. The Labute approximate surface area is 104 Å². The van der Waals surface area contributed by atoms with E-state index in [4.69, 9.17) is 10.2 Å². The summed E-state index contributed by atoms with van der Waals surface area (Å²) in [5, 5.41) is 19.3. The van der Waals surface area contributed by atoms with Crippen LogP contribution in [0.15, 0.2) is 24.3 Å². The van der Waals surface area contributed by atoms with E-state index in [0.29, 0.717) is 0 Å². The van der Waals surface area contributed by atoms with Crippen LogP contribution >= 0.6 is 0 Å². The quantitative estimate of drug-likeness (QED) is 0.707. The molecule has 0 saturated heterocycles. The molecule has 0 aliphatic heterocycles. The number of carbonyl (C=O) groups is 2. The van der Waals surface area contributed by atoms with Crippen LogP contribution in [0.2, 0.25) is 0 Å². The first-order valence-corrected chi connectivity index (χ1v) is 4.77. The fourth-order valence-electron chi connectivity index (χ4n) is 1.15. The first kappa shape index (κ1) is 14.6. The van der Waals surface area contributed by atoms with Crippen molar-refractivity contribution in [1.29, 1.82) is 0 Å². The van der Waals surface area contributed by atoms with E-state index in [1.807, 2.05) is 0 Å². The lowest BCUT2D eigenvalue weighted by molar-refractivity contribution is -0.274. The maximum atomic E-state index is 11.9. The van der Waals surface area contributed by atoms with Crippen LogP contribution in [0.1, 0.15) is 0 Å². The molecule has 0 unspecified atom stereocenters. The molecule has 0 aliphatic rings. The second-order valence-electron chi connectivity index (χ2n) is 3.33. The smallest absolute Gasteiger partial charge is 0.479 e. The van der Waals surface area contributed by atoms with E-state index < -0.39 is 30.1 Å². The summed E-state index contributed by atoms with van der Waals surface area (Å²) in [6, 6.07) is 2.10. The summed E-state index contributed by atoms with van der Waals surface area (Å²) in [5.41, 5.74) is 0.0318. The highest BCUT2D eigenvalue weighted by Crippen LogP contribution is 2.24. The molecular formula is C10H8F3NO5. The van der Waals surface area contributed by atoms with E-state index in [1.54, 1.807) is 0 Å². The molecule has 0 fully saturated rings. The molecule has 104 valence electrons. The highest BCUT2D eigenvalue weighted by atomic mass is 19.4. The minimum absolute atomic E-state index is 0.0318. The Kier molecular flexibility index (Phi) is 4.20. The Hall–Kier alpha value is -2.45. The molecule has 1 aromatic carbocycles. The molecule has 1 aromatic rings. The zero-order valence-electron chi connectivity index (χ0n) is 9.14. The molecule has 0 radical (unpaired) electrons. The molecule has 0 atom stereocenters. The maximum absolute atomic E-state index is 11.9. The van der Waals surface area contributed by atoms with Crippen molar-refractivity contribution in [2.45, 2.75) is 12.4 Å². The number of rotatable bonds is 5. The number of alkyl halides is 3. The van der Waals surface area contributed by atoms with Crippen molar-refractivity contribution in [3.8, 4) is 5.75 Å². The van der Waals surface area contributed by atoms with Gasteiger partial charge >= 0.3 is 18.3 Å². The zero-order valence-corrected chi connectivity index (χ0v) is 9.14. The fourth-order valence-corrected chi connectivity index (χ4v) is 1.15. The Bertz CT molecular complexity index is 457. The Morgan fingerprint density at radius 1 is 1.11 bits per heavy atom. The first-order valence-electron chi connectivity index (χ1n) is 4.77. The Morgan fingerprint density at radius 3 is 1.95 bits per heavy atom. The number of aliphatic carboxylic acids is 2. The molecule has 0 bridgehead atoms. The highest BCUT2D eigenvalue weighted by Gasteiger charge is 2.31. The average molecular weight is 279 g/mol. The summed E-state index contributed by atoms with van der Waals surface area (Å²) in [6.07, 6.45) is -4.83. The SMILES string of the molecule is O=C(O)C(Nc1ccc(OC(F)(F)F)cc1)C(=O)O. The van der Waals surface area contributed by atoms with Gasteiger partial charge in [-0.1, -0.05) is 0 Å². The summed E-state index contributed by atoms with van der Waals surface area (Å²) in [6.45, 7) is 0. The zero-order chi connectivity index (χ0) is 14.6. The van der Waals surface area contributed by atoms with Gasteiger partial charge in [-0.2, -0.15) is 0 Å². The summed E-state index contributed by atoms with van der Waals surface area (Å²) < 4.78 is 39.2. The van der Waals surface area contributed by atoms with Gasteiger partial charge in [0.15, 0.2) is 0 Å². The summed E-state index contributed by atoms with van der Waals surface area (Å²) in [4.78, 5) is 21.2. The Balaban J connectivity index is 2.76. The van der Waals surface area contributed by atoms with E-state index in [0.717, 1.165) is 24.3 Å². The molecule has 0 aromatic heterocycles. The molecule has 0 aliphatic carbocycles. The fraction of sp³-hybridized carbons (Fsp3) is 0.200. The van der Waals surface area contributed by atoms with E-state index in [-0.39, 0.29) is 5.69 Å². The highest BCUT2D eigenvalue weighted by molar-refractivity contribution is 6.00. The van der Waals surface area contributed by atoms with Gasteiger partial charge in [-0.15, -0.1) is 13.2 Å². The van der Waals surface area contributed by atoms with Gasteiger partial charge in [0.25, 0.3) is 0 Å².